The third-order valence-corrected chi connectivity index (χ3v) is 2.57. The first kappa shape index (κ1) is 12.4. The number of halogens is 1. The molecule has 0 bridgehead atoms. The van der Waals surface area contributed by atoms with Crippen LogP contribution in [0.1, 0.15) is 10.4 Å². The van der Waals surface area contributed by atoms with E-state index in [-0.39, 0.29) is 24.6 Å². The van der Waals surface area contributed by atoms with Gasteiger partial charge in [0.05, 0.1) is 0 Å². The van der Waals surface area contributed by atoms with Crippen LogP contribution in [-0.2, 0) is 0 Å². The maximum absolute atomic E-state index is 11.5. The van der Waals surface area contributed by atoms with Crippen LogP contribution in [0.25, 0.3) is 10.8 Å². The van der Waals surface area contributed by atoms with E-state index in [0.29, 0.717) is 0 Å². The Hall–Kier alpha value is -0.683. The first-order valence-corrected chi connectivity index (χ1v) is 5.20. The second kappa shape index (κ2) is 5.41. The molecule has 0 N–H and O–H groups in total. The summed E-state index contributed by atoms with van der Waals surface area (Å²) in [6, 6.07) is 13.6. The molecule has 0 fully saturated rings. The molecule has 15 heavy (non-hydrogen) atoms. The predicted octanol–water partition coefficient (Wildman–Crippen LogP) is 0.583. The molecule has 2 rings (SSSR count). The first-order chi connectivity index (χ1) is 6.83. The quantitative estimate of drug-likeness (QED) is 0.436. The first-order valence-electron chi connectivity index (χ1n) is 4.28. The molecule has 0 atom stereocenters. The fourth-order valence-electron chi connectivity index (χ4n) is 1.50. The summed E-state index contributed by atoms with van der Waals surface area (Å²) in [7, 11) is 0. The summed E-state index contributed by atoms with van der Waals surface area (Å²) in [6.45, 7) is 0. The normalized spacial score (nSPS) is 9.40. The van der Waals surface area contributed by atoms with Gasteiger partial charge >= 0.3 is 18.9 Å². The van der Waals surface area contributed by atoms with Crippen molar-refractivity contribution in [1.29, 1.82) is 0 Å². The van der Waals surface area contributed by atoms with Gasteiger partial charge in [-0.05, 0) is 5.39 Å². The summed E-state index contributed by atoms with van der Waals surface area (Å²) in [5, 5.41) is 3.50. The number of rotatable bonds is 2. The number of fused-ring (bicyclic) bond motifs is 1. The summed E-state index contributed by atoms with van der Waals surface area (Å²) >= 11 is 3.06. The molecule has 0 radical (unpaired) electrons. The van der Waals surface area contributed by atoms with E-state index in [9.17, 15) is 4.79 Å². The molecule has 0 spiro atoms. The van der Waals surface area contributed by atoms with Crippen molar-refractivity contribution in [2.45, 2.75) is 0 Å². The molecule has 0 aliphatic carbocycles. The Bertz CT molecular complexity index is 477. The molecular formula is C12H8BrLiO. The second-order valence-electron chi connectivity index (χ2n) is 3.00. The Labute approximate surface area is 109 Å². The molecule has 0 saturated heterocycles. The van der Waals surface area contributed by atoms with Crippen LogP contribution in [0.2, 0.25) is 0 Å². The smallest absolute Gasteiger partial charge is 0.331 e. The van der Waals surface area contributed by atoms with Crippen LogP contribution in [0.3, 0.4) is 0 Å². The summed E-state index contributed by atoms with van der Waals surface area (Å²) < 4.78 is 0. The van der Waals surface area contributed by atoms with Crippen molar-refractivity contribution >= 4 is 32.5 Å². The molecule has 70 valence electrons. The minimum Gasteiger partial charge on any atom is -0.331 e. The van der Waals surface area contributed by atoms with E-state index in [2.05, 4.69) is 15.9 Å². The van der Waals surface area contributed by atoms with E-state index in [1.807, 2.05) is 42.5 Å². The zero-order chi connectivity index (χ0) is 9.97. The Morgan fingerprint density at radius 2 is 1.73 bits per heavy atom. The zero-order valence-electron chi connectivity index (χ0n) is 8.41. The monoisotopic (exact) mass is 254 g/mol. The van der Waals surface area contributed by atoms with Crippen LogP contribution in [0.4, 0.5) is 0 Å². The minimum absolute atomic E-state index is 0. The third kappa shape index (κ3) is 2.46. The van der Waals surface area contributed by atoms with Gasteiger partial charge in [-0.3, -0.25) is 0 Å². The van der Waals surface area contributed by atoms with Crippen LogP contribution in [0, 0.1) is 5.33 Å². The molecule has 0 amide bonds. The number of carbonyl (C=O) groups is 1. The Balaban J connectivity index is 0.00000112. The van der Waals surface area contributed by atoms with E-state index >= 15 is 0 Å². The van der Waals surface area contributed by atoms with Crippen molar-refractivity contribution in [2.75, 3.05) is 0 Å². The number of Topliss-reactive ketones (excluding diaryl/α,β-unsaturated/α-hetero) is 1. The Kier molecular flexibility index (Phi) is 4.47. The van der Waals surface area contributed by atoms with Crippen LogP contribution >= 0.6 is 15.9 Å². The predicted molar refractivity (Wildman–Crippen MR) is 61.5 cm³/mol. The van der Waals surface area contributed by atoms with Crippen LogP contribution in [0.5, 0.6) is 0 Å². The molecule has 0 heterocycles. The van der Waals surface area contributed by atoms with Crippen LogP contribution in [0.15, 0.2) is 42.5 Å². The summed E-state index contributed by atoms with van der Waals surface area (Å²) in [4.78, 5) is 11.5. The standard InChI is InChI=1S/C12H8BrO.Li/c13-8-12(14)11-7-3-5-9-4-1-2-6-10(9)11;/h1-8H;/q-1;+1. The van der Waals surface area contributed by atoms with Crippen molar-refractivity contribution in [3.05, 3.63) is 53.4 Å². The molecule has 0 aliphatic rings. The van der Waals surface area contributed by atoms with Crippen molar-refractivity contribution < 1.29 is 23.7 Å². The number of hydrogen-bond donors (Lipinski definition) is 0. The van der Waals surface area contributed by atoms with Gasteiger partial charge in [0, 0.05) is 5.78 Å². The fourth-order valence-corrected chi connectivity index (χ4v) is 1.75. The largest absolute Gasteiger partial charge is 1.00 e. The molecule has 0 aromatic heterocycles. The van der Waals surface area contributed by atoms with Crippen molar-refractivity contribution in [2.24, 2.45) is 0 Å². The average molecular weight is 255 g/mol. The third-order valence-electron chi connectivity index (χ3n) is 2.15. The van der Waals surface area contributed by atoms with Gasteiger partial charge < -0.3 is 4.79 Å². The average Bonchev–Trinajstić information content (AvgIpc) is 2.27. The van der Waals surface area contributed by atoms with E-state index < -0.39 is 0 Å². The maximum atomic E-state index is 11.5. The molecule has 0 aliphatic heterocycles. The second-order valence-corrected chi connectivity index (χ2v) is 3.46. The fraction of sp³-hybridized carbons (Fsp3) is 0. The van der Waals surface area contributed by atoms with Crippen molar-refractivity contribution in [1.82, 2.24) is 0 Å². The number of benzene rings is 2. The van der Waals surface area contributed by atoms with E-state index in [0.717, 1.165) is 16.3 Å². The van der Waals surface area contributed by atoms with Gasteiger partial charge in [-0.1, -0.05) is 41.8 Å². The van der Waals surface area contributed by atoms with Gasteiger partial charge in [0.1, 0.15) is 0 Å². The van der Waals surface area contributed by atoms with E-state index in [1.54, 1.807) is 0 Å². The van der Waals surface area contributed by atoms with Crippen LogP contribution < -0.4 is 18.9 Å². The SMILES string of the molecule is O=C([CH-]Br)c1cccc2ccccc12.[Li+]. The van der Waals surface area contributed by atoms with Crippen molar-refractivity contribution in [3.63, 3.8) is 0 Å². The topological polar surface area (TPSA) is 17.1 Å². The summed E-state index contributed by atoms with van der Waals surface area (Å²) in [6.07, 6.45) is 0. The molecule has 0 unspecified atom stereocenters. The minimum atomic E-state index is 0. The Morgan fingerprint density at radius 1 is 1.07 bits per heavy atom. The number of ketones is 1. The number of carbonyl (C=O) groups excluding carboxylic acids is 1. The van der Waals surface area contributed by atoms with Gasteiger partial charge in [0.15, 0.2) is 0 Å². The van der Waals surface area contributed by atoms with E-state index in [4.69, 9.17) is 0 Å². The van der Waals surface area contributed by atoms with Crippen molar-refractivity contribution in [3.8, 4) is 0 Å². The van der Waals surface area contributed by atoms with Crippen LogP contribution in [-0.4, -0.2) is 5.78 Å². The number of hydrogen-bond acceptors (Lipinski definition) is 1. The summed E-state index contributed by atoms with van der Waals surface area (Å²) in [5.41, 5.74) is 0.736. The van der Waals surface area contributed by atoms with Gasteiger partial charge in [-0.25, -0.2) is 0 Å². The zero-order valence-corrected chi connectivity index (χ0v) is 9.99. The van der Waals surface area contributed by atoms with E-state index in [1.165, 1.54) is 5.33 Å². The molecule has 0 saturated carbocycles. The van der Waals surface area contributed by atoms with Gasteiger partial charge in [-0.15, -0.1) is 17.0 Å². The molecule has 3 heteroatoms. The molecule has 1 nitrogen and oxygen atoms in total. The Morgan fingerprint density at radius 3 is 2.47 bits per heavy atom. The molecular weight excluding hydrogens is 247 g/mol. The van der Waals surface area contributed by atoms with Gasteiger partial charge in [-0.2, -0.15) is 15.9 Å². The van der Waals surface area contributed by atoms with Gasteiger partial charge in [0.2, 0.25) is 0 Å². The molecule has 2 aromatic rings. The maximum Gasteiger partial charge on any atom is 1.00 e. The molecule has 2 aromatic carbocycles. The summed E-state index contributed by atoms with van der Waals surface area (Å²) in [5.74, 6) is 0.00167. The van der Waals surface area contributed by atoms with Gasteiger partial charge in [0.25, 0.3) is 0 Å².